The minimum absolute atomic E-state index is 0.119. The molecular formula is C15H28N2O. The molecule has 1 aliphatic heterocycles. The van der Waals surface area contributed by atoms with Crippen molar-refractivity contribution < 1.29 is 4.79 Å². The van der Waals surface area contributed by atoms with Crippen molar-refractivity contribution in [3.05, 3.63) is 0 Å². The summed E-state index contributed by atoms with van der Waals surface area (Å²) in [6, 6.07) is 0.480. The van der Waals surface area contributed by atoms with E-state index >= 15 is 0 Å². The SMILES string of the molecule is CCCC1CC1NC(=O)C1(CCC)CCCNC1. The second-order valence-corrected chi connectivity index (χ2v) is 6.18. The maximum absolute atomic E-state index is 12.6. The summed E-state index contributed by atoms with van der Waals surface area (Å²) in [7, 11) is 0. The zero-order valence-corrected chi connectivity index (χ0v) is 11.9. The number of carbonyl (C=O) groups is 1. The van der Waals surface area contributed by atoms with Gasteiger partial charge in [0.25, 0.3) is 0 Å². The minimum atomic E-state index is -0.119. The number of rotatable bonds is 6. The van der Waals surface area contributed by atoms with Crippen LogP contribution >= 0.6 is 0 Å². The summed E-state index contributed by atoms with van der Waals surface area (Å²) < 4.78 is 0. The number of piperidine rings is 1. The van der Waals surface area contributed by atoms with E-state index in [1.165, 1.54) is 19.3 Å². The maximum atomic E-state index is 12.6. The summed E-state index contributed by atoms with van der Waals surface area (Å²) in [6.07, 6.45) is 8.02. The molecule has 104 valence electrons. The van der Waals surface area contributed by atoms with Gasteiger partial charge in [-0.2, -0.15) is 0 Å². The molecule has 1 amide bonds. The molecule has 3 nitrogen and oxygen atoms in total. The predicted octanol–water partition coefficient (Wildman–Crippen LogP) is 2.46. The van der Waals surface area contributed by atoms with Crippen molar-refractivity contribution >= 4 is 5.91 Å². The summed E-state index contributed by atoms with van der Waals surface area (Å²) >= 11 is 0. The number of amides is 1. The minimum Gasteiger partial charge on any atom is -0.353 e. The molecule has 1 heterocycles. The lowest BCUT2D eigenvalue weighted by Crippen LogP contribution is -2.51. The molecule has 1 aliphatic carbocycles. The Labute approximate surface area is 111 Å². The third kappa shape index (κ3) is 3.05. The van der Waals surface area contributed by atoms with Crippen molar-refractivity contribution in [1.82, 2.24) is 10.6 Å². The molecule has 0 bridgehead atoms. The van der Waals surface area contributed by atoms with Crippen LogP contribution in [0.1, 0.15) is 58.8 Å². The lowest BCUT2D eigenvalue weighted by atomic mass is 9.76. The van der Waals surface area contributed by atoms with Crippen LogP contribution in [0, 0.1) is 11.3 Å². The summed E-state index contributed by atoms with van der Waals surface area (Å²) in [4.78, 5) is 12.6. The van der Waals surface area contributed by atoms with Gasteiger partial charge < -0.3 is 10.6 Å². The average molecular weight is 252 g/mol. The van der Waals surface area contributed by atoms with Gasteiger partial charge in [0.05, 0.1) is 5.41 Å². The van der Waals surface area contributed by atoms with Crippen LogP contribution in [-0.4, -0.2) is 25.0 Å². The van der Waals surface area contributed by atoms with Crippen LogP contribution in [0.3, 0.4) is 0 Å². The predicted molar refractivity (Wildman–Crippen MR) is 74.4 cm³/mol. The van der Waals surface area contributed by atoms with E-state index in [1.807, 2.05) is 0 Å². The van der Waals surface area contributed by atoms with Gasteiger partial charge in [0, 0.05) is 12.6 Å². The summed E-state index contributed by atoms with van der Waals surface area (Å²) in [5.41, 5.74) is -0.119. The van der Waals surface area contributed by atoms with Crippen LogP contribution in [0.5, 0.6) is 0 Å². The lowest BCUT2D eigenvalue weighted by Gasteiger charge is -2.36. The highest BCUT2D eigenvalue weighted by Crippen LogP contribution is 2.37. The fourth-order valence-corrected chi connectivity index (χ4v) is 3.40. The van der Waals surface area contributed by atoms with Crippen molar-refractivity contribution in [2.24, 2.45) is 11.3 Å². The van der Waals surface area contributed by atoms with Gasteiger partial charge in [-0.15, -0.1) is 0 Å². The van der Waals surface area contributed by atoms with E-state index in [-0.39, 0.29) is 5.41 Å². The van der Waals surface area contributed by atoms with Gasteiger partial charge >= 0.3 is 0 Å². The van der Waals surface area contributed by atoms with Crippen molar-refractivity contribution in [3.63, 3.8) is 0 Å². The van der Waals surface area contributed by atoms with Gasteiger partial charge in [-0.05, 0) is 44.6 Å². The topological polar surface area (TPSA) is 41.1 Å². The average Bonchev–Trinajstić information content (AvgIpc) is 3.09. The van der Waals surface area contributed by atoms with E-state index in [9.17, 15) is 4.79 Å². The molecule has 1 saturated heterocycles. The number of hydrogen-bond acceptors (Lipinski definition) is 2. The Morgan fingerprint density at radius 3 is 2.83 bits per heavy atom. The van der Waals surface area contributed by atoms with Crippen molar-refractivity contribution in [2.75, 3.05) is 13.1 Å². The Balaban J connectivity index is 1.88. The number of hydrogen-bond donors (Lipinski definition) is 2. The second-order valence-electron chi connectivity index (χ2n) is 6.18. The summed E-state index contributed by atoms with van der Waals surface area (Å²) in [6.45, 7) is 6.35. The van der Waals surface area contributed by atoms with Crippen LogP contribution in [0.2, 0.25) is 0 Å². The molecule has 2 rings (SSSR count). The fourth-order valence-electron chi connectivity index (χ4n) is 3.40. The first kappa shape index (κ1) is 13.9. The van der Waals surface area contributed by atoms with E-state index in [2.05, 4.69) is 24.5 Å². The zero-order chi connectivity index (χ0) is 13.0. The zero-order valence-electron chi connectivity index (χ0n) is 11.9. The first-order valence-corrected chi connectivity index (χ1v) is 7.73. The van der Waals surface area contributed by atoms with Gasteiger partial charge in [0.15, 0.2) is 0 Å². The highest BCUT2D eigenvalue weighted by atomic mass is 16.2. The van der Waals surface area contributed by atoms with Crippen LogP contribution in [0.25, 0.3) is 0 Å². The molecule has 0 spiro atoms. The molecule has 1 saturated carbocycles. The molecular weight excluding hydrogens is 224 g/mol. The van der Waals surface area contributed by atoms with Crippen LogP contribution in [0.4, 0.5) is 0 Å². The van der Waals surface area contributed by atoms with E-state index in [4.69, 9.17) is 0 Å². The van der Waals surface area contributed by atoms with E-state index < -0.39 is 0 Å². The van der Waals surface area contributed by atoms with Crippen LogP contribution in [0.15, 0.2) is 0 Å². The molecule has 2 N–H and O–H groups in total. The van der Waals surface area contributed by atoms with Crippen LogP contribution in [-0.2, 0) is 4.79 Å². The molecule has 18 heavy (non-hydrogen) atoms. The smallest absolute Gasteiger partial charge is 0.227 e. The summed E-state index contributed by atoms with van der Waals surface area (Å²) in [5.74, 6) is 1.08. The Kier molecular flexibility index (Phi) is 4.66. The Bertz CT molecular complexity index is 279. The third-order valence-electron chi connectivity index (χ3n) is 4.58. The Morgan fingerprint density at radius 1 is 1.39 bits per heavy atom. The normalized spacial score (nSPS) is 35.2. The Hall–Kier alpha value is -0.570. The van der Waals surface area contributed by atoms with E-state index in [0.717, 1.165) is 44.7 Å². The molecule has 3 heteroatoms. The van der Waals surface area contributed by atoms with Crippen molar-refractivity contribution in [2.45, 2.75) is 64.8 Å². The van der Waals surface area contributed by atoms with Gasteiger partial charge in [-0.25, -0.2) is 0 Å². The molecule has 2 aliphatic rings. The molecule has 0 radical (unpaired) electrons. The molecule has 3 atom stereocenters. The molecule has 2 fully saturated rings. The maximum Gasteiger partial charge on any atom is 0.227 e. The monoisotopic (exact) mass is 252 g/mol. The van der Waals surface area contributed by atoms with Gasteiger partial charge in [0.1, 0.15) is 0 Å². The van der Waals surface area contributed by atoms with Crippen LogP contribution < -0.4 is 10.6 Å². The van der Waals surface area contributed by atoms with Gasteiger partial charge in [-0.1, -0.05) is 26.7 Å². The largest absolute Gasteiger partial charge is 0.353 e. The van der Waals surface area contributed by atoms with Gasteiger partial charge in [0.2, 0.25) is 5.91 Å². The summed E-state index contributed by atoms with van der Waals surface area (Å²) in [5, 5.41) is 6.72. The molecule has 0 aromatic rings. The van der Waals surface area contributed by atoms with Gasteiger partial charge in [-0.3, -0.25) is 4.79 Å². The van der Waals surface area contributed by atoms with E-state index in [1.54, 1.807) is 0 Å². The highest BCUT2D eigenvalue weighted by molar-refractivity contribution is 5.83. The second kappa shape index (κ2) is 6.05. The highest BCUT2D eigenvalue weighted by Gasteiger charge is 2.43. The fraction of sp³-hybridized carbons (Fsp3) is 0.933. The standard InChI is InChI=1S/C15H28N2O/c1-3-6-12-10-13(12)17-14(18)15(7-4-2)8-5-9-16-11-15/h12-13,16H,3-11H2,1-2H3,(H,17,18). The lowest BCUT2D eigenvalue weighted by molar-refractivity contribution is -0.132. The first-order valence-electron chi connectivity index (χ1n) is 7.73. The van der Waals surface area contributed by atoms with Crippen molar-refractivity contribution in [1.29, 1.82) is 0 Å². The third-order valence-corrected chi connectivity index (χ3v) is 4.58. The van der Waals surface area contributed by atoms with E-state index in [0.29, 0.717) is 11.9 Å². The number of nitrogens with one attached hydrogen (secondary N) is 2. The number of carbonyl (C=O) groups excluding carboxylic acids is 1. The Morgan fingerprint density at radius 2 is 2.22 bits per heavy atom. The van der Waals surface area contributed by atoms with Crippen molar-refractivity contribution in [3.8, 4) is 0 Å². The molecule has 3 unspecified atom stereocenters. The molecule has 0 aromatic heterocycles. The molecule has 0 aromatic carbocycles. The first-order chi connectivity index (χ1) is 8.72. The quantitative estimate of drug-likeness (QED) is 0.762.